The lowest BCUT2D eigenvalue weighted by atomic mass is 10.1. The van der Waals surface area contributed by atoms with Gasteiger partial charge in [0.1, 0.15) is 5.58 Å². The molecule has 4 aromatic rings. The van der Waals surface area contributed by atoms with Crippen molar-refractivity contribution in [3.63, 3.8) is 0 Å². The molecular weight excluding hydrogens is 360 g/mol. The van der Waals surface area contributed by atoms with E-state index in [9.17, 15) is 4.79 Å². The van der Waals surface area contributed by atoms with Crippen molar-refractivity contribution in [1.82, 2.24) is 4.98 Å². The number of aromatic nitrogens is 1. The van der Waals surface area contributed by atoms with E-state index < -0.39 is 0 Å². The molecule has 5 heteroatoms. The Morgan fingerprint density at radius 2 is 1.93 bits per heavy atom. The molecule has 136 valence electrons. The number of nitrogens with zero attached hydrogens (tertiary/aromatic N) is 2. The Labute approximate surface area is 162 Å². The van der Waals surface area contributed by atoms with Gasteiger partial charge in [-0.3, -0.25) is 9.78 Å². The number of furan rings is 1. The zero-order chi connectivity index (χ0) is 19.0. The maximum atomic E-state index is 13.2. The van der Waals surface area contributed by atoms with Crippen molar-refractivity contribution in [2.75, 3.05) is 11.4 Å². The molecule has 4 rings (SSSR count). The lowest BCUT2D eigenvalue weighted by Crippen LogP contribution is -2.31. The highest BCUT2D eigenvalue weighted by atomic mass is 35.5. The van der Waals surface area contributed by atoms with Crippen molar-refractivity contribution in [2.24, 2.45) is 0 Å². The Morgan fingerprint density at radius 3 is 2.70 bits per heavy atom. The third-order valence-electron chi connectivity index (χ3n) is 4.58. The summed E-state index contributed by atoms with van der Waals surface area (Å²) >= 11 is 6.12. The first-order valence-corrected chi connectivity index (χ1v) is 9.32. The van der Waals surface area contributed by atoms with Gasteiger partial charge in [0.15, 0.2) is 5.76 Å². The summed E-state index contributed by atoms with van der Waals surface area (Å²) in [5.74, 6) is 0.124. The summed E-state index contributed by atoms with van der Waals surface area (Å²) in [5.41, 5.74) is 3.16. The van der Waals surface area contributed by atoms with Gasteiger partial charge in [-0.05, 0) is 49.7 Å². The van der Waals surface area contributed by atoms with Gasteiger partial charge in [-0.2, -0.15) is 0 Å². The molecule has 0 aliphatic heterocycles. The van der Waals surface area contributed by atoms with E-state index in [1.165, 1.54) is 0 Å². The number of carbonyl (C=O) groups is 1. The summed E-state index contributed by atoms with van der Waals surface area (Å²) in [4.78, 5) is 19.6. The van der Waals surface area contributed by atoms with Crippen LogP contribution in [0.1, 0.15) is 29.6 Å². The molecule has 0 fully saturated rings. The van der Waals surface area contributed by atoms with Crippen molar-refractivity contribution >= 4 is 45.1 Å². The van der Waals surface area contributed by atoms with Crippen LogP contribution >= 0.6 is 11.6 Å². The molecule has 27 heavy (non-hydrogen) atoms. The molecule has 0 saturated heterocycles. The molecule has 2 heterocycles. The number of hydrogen-bond donors (Lipinski definition) is 0. The molecule has 0 spiro atoms. The van der Waals surface area contributed by atoms with Crippen LogP contribution in [0, 0.1) is 6.92 Å². The number of benzene rings is 2. The van der Waals surface area contributed by atoms with Crippen LogP contribution in [-0.2, 0) is 0 Å². The van der Waals surface area contributed by atoms with Crippen LogP contribution in [0.25, 0.3) is 21.9 Å². The summed E-state index contributed by atoms with van der Waals surface area (Å²) in [6.07, 6.45) is 0.821. The summed E-state index contributed by atoms with van der Waals surface area (Å²) < 4.78 is 6.04. The van der Waals surface area contributed by atoms with E-state index in [-0.39, 0.29) is 5.91 Å². The SMILES string of the molecule is CCCN(C(=O)c1cc2c(C)nc3ccccc3c2o1)c1cccc(Cl)c1. The minimum Gasteiger partial charge on any atom is -0.450 e. The smallest absolute Gasteiger partial charge is 0.294 e. The number of halogens is 1. The second-order valence-electron chi connectivity index (χ2n) is 6.50. The number of amides is 1. The van der Waals surface area contributed by atoms with Crippen LogP contribution in [0.5, 0.6) is 0 Å². The van der Waals surface area contributed by atoms with Gasteiger partial charge in [0.25, 0.3) is 5.91 Å². The predicted molar refractivity (Wildman–Crippen MR) is 110 cm³/mol. The number of fused-ring (bicyclic) bond motifs is 3. The molecule has 2 aromatic carbocycles. The number of carbonyl (C=O) groups excluding carboxylic acids is 1. The van der Waals surface area contributed by atoms with Gasteiger partial charge < -0.3 is 9.32 Å². The van der Waals surface area contributed by atoms with E-state index in [1.807, 2.05) is 50.2 Å². The highest BCUT2D eigenvalue weighted by Crippen LogP contribution is 2.30. The van der Waals surface area contributed by atoms with Crippen molar-refractivity contribution in [3.05, 3.63) is 71.1 Å². The van der Waals surface area contributed by atoms with Crippen molar-refractivity contribution in [3.8, 4) is 0 Å². The quantitative estimate of drug-likeness (QED) is 0.437. The molecule has 0 unspecified atom stereocenters. The monoisotopic (exact) mass is 378 g/mol. The molecule has 0 N–H and O–H groups in total. The van der Waals surface area contributed by atoms with Gasteiger partial charge in [-0.1, -0.05) is 36.7 Å². The molecule has 0 radical (unpaired) electrons. The van der Waals surface area contributed by atoms with Crippen molar-refractivity contribution < 1.29 is 9.21 Å². The normalized spacial score (nSPS) is 11.2. The molecule has 0 bridgehead atoms. The fourth-order valence-corrected chi connectivity index (χ4v) is 3.50. The molecule has 1 amide bonds. The average Bonchev–Trinajstić information content (AvgIpc) is 3.12. The van der Waals surface area contributed by atoms with Crippen LogP contribution in [0.2, 0.25) is 5.02 Å². The molecule has 0 aliphatic rings. The van der Waals surface area contributed by atoms with Gasteiger partial charge in [0.05, 0.1) is 5.52 Å². The molecular formula is C22H19ClN2O2. The summed E-state index contributed by atoms with van der Waals surface area (Å²) in [7, 11) is 0. The van der Waals surface area contributed by atoms with Crippen molar-refractivity contribution in [1.29, 1.82) is 0 Å². The predicted octanol–water partition coefficient (Wildman–Crippen LogP) is 6.00. The van der Waals surface area contributed by atoms with Crippen LogP contribution < -0.4 is 4.90 Å². The summed E-state index contributed by atoms with van der Waals surface area (Å²) in [6, 6.07) is 16.9. The third kappa shape index (κ3) is 3.17. The topological polar surface area (TPSA) is 46.3 Å². The number of para-hydroxylation sites is 1. The van der Waals surface area contributed by atoms with Gasteiger partial charge in [-0.15, -0.1) is 0 Å². The van der Waals surface area contributed by atoms with Gasteiger partial charge in [-0.25, -0.2) is 0 Å². The van der Waals surface area contributed by atoms with E-state index in [0.29, 0.717) is 22.9 Å². The number of pyridine rings is 1. The second kappa shape index (κ2) is 7.05. The maximum Gasteiger partial charge on any atom is 0.294 e. The number of rotatable bonds is 4. The van der Waals surface area contributed by atoms with Crippen LogP contribution in [0.3, 0.4) is 0 Å². The van der Waals surface area contributed by atoms with Gasteiger partial charge in [0.2, 0.25) is 0 Å². The minimum absolute atomic E-state index is 0.182. The van der Waals surface area contributed by atoms with E-state index in [4.69, 9.17) is 16.0 Å². The first-order chi connectivity index (χ1) is 13.1. The second-order valence-corrected chi connectivity index (χ2v) is 6.94. The van der Waals surface area contributed by atoms with E-state index in [1.54, 1.807) is 23.1 Å². The largest absolute Gasteiger partial charge is 0.450 e. The fraction of sp³-hybridized carbons (Fsp3) is 0.182. The fourth-order valence-electron chi connectivity index (χ4n) is 3.32. The Bertz CT molecular complexity index is 1150. The van der Waals surface area contributed by atoms with Crippen molar-refractivity contribution in [2.45, 2.75) is 20.3 Å². The van der Waals surface area contributed by atoms with E-state index >= 15 is 0 Å². The number of anilines is 1. The molecule has 2 aromatic heterocycles. The molecule has 0 saturated carbocycles. The number of aryl methyl sites for hydroxylation is 1. The summed E-state index contributed by atoms with van der Waals surface area (Å²) in [6.45, 7) is 4.54. The van der Waals surface area contributed by atoms with E-state index in [0.717, 1.165) is 34.1 Å². The number of hydrogen-bond acceptors (Lipinski definition) is 3. The first-order valence-electron chi connectivity index (χ1n) is 8.95. The standard InChI is InChI=1S/C22H19ClN2O2/c1-3-11-25(16-8-6-7-15(23)12-16)22(26)20-13-18-14(2)24-19-10-5-4-9-17(19)21(18)27-20/h4-10,12-13H,3,11H2,1-2H3. The van der Waals surface area contributed by atoms with Crippen LogP contribution in [-0.4, -0.2) is 17.4 Å². The Kier molecular flexibility index (Phi) is 4.58. The third-order valence-corrected chi connectivity index (χ3v) is 4.82. The zero-order valence-corrected chi connectivity index (χ0v) is 16.0. The Hall–Kier alpha value is -2.85. The van der Waals surface area contributed by atoms with Gasteiger partial charge >= 0.3 is 0 Å². The average molecular weight is 379 g/mol. The Morgan fingerprint density at radius 1 is 1.11 bits per heavy atom. The van der Waals surface area contributed by atoms with Crippen LogP contribution in [0.4, 0.5) is 5.69 Å². The lowest BCUT2D eigenvalue weighted by molar-refractivity contribution is 0.0962. The molecule has 0 aliphatic carbocycles. The first kappa shape index (κ1) is 17.6. The lowest BCUT2D eigenvalue weighted by Gasteiger charge is -2.21. The van der Waals surface area contributed by atoms with E-state index in [2.05, 4.69) is 4.98 Å². The maximum absolute atomic E-state index is 13.2. The highest BCUT2D eigenvalue weighted by molar-refractivity contribution is 6.31. The molecule has 4 nitrogen and oxygen atoms in total. The van der Waals surface area contributed by atoms with Crippen LogP contribution in [0.15, 0.2) is 59.0 Å². The zero-order valence-electron chi connectivity index (χ0n) is 15.2. The minimum atomic E-state index is -0.182. The van der Waals surface area contributed by atoms with Gasteiger partial charge in [0, 0.05) is 33.7 Å². The Balaban J connectivity index is 1.83. The highest BCUT2D eigenvalue weighted by Gasteiger charge is 2.22. The summed E-state index contributed by atoms with van der Waals surface area (Å²) in [5, 5.41) is 2.36. The molecule has 0 atom stereocenters.